The zero-order chi connectivity index (χ0) is 20.0. The van der Waals surface area contributed by atoms with Crippen LogP contribution in [0.4, 0.5) is 4.39 Å². The lowest BCUT2D eigenvalue weighted by Gasteiger charge is -2.37. The van der Waals surface area contributed by atoms with E-state index < -0.39 is 6.23 Å². The van der Waals surface area contributed by atoms with Crippen molar-refractivity contribution in [2.75, 3.05) is 0 Å². The molecule has 0 aromatic heterocycles. The van der Waals surface area contributed by atoms with Gasteiger partial charge in [-0.05, 0) is 42.8 Å². The van der Waals surface area contributed by atoms with E-state index in [0.29, 0.717) is 17.7 Å². The molecule has 5 heteroatoms. The molecule has 5 rings (SSSR count). The Morgan fingerprint density at radius 1 is 1.03 bits per heavy atom. The minimum atomic E-state index is -0.886. The van der Waals surface area contributed by atoms with Gasteiger partial charge in [0.05, 0.1) is 11.8 Å². The van der Waals surface area contributed by atoms with Gasteiger partial charge in [0.25, 0.3) is 6.23 Å². The van der Waals surface area contributed by atoms with Gasteiger partial charge in [0, 0.05) is 17.5 Å². The van der Waals surface area contributed by atoms with Crippen LogP contribution in [0.5, 0.6) is 5.75 Å². The Hall–Kier alpha value is -3.47. The molecule has 2 aliphatic heterocycles. The molecule has 0 fully saturated rings. The molecule has 2 heterocycles. The van der Waals surface area contributed by atoms with Gasteiger partial charge in [0.1, 0.15) is 11.6 Å². The number of carbonyl (C=O) groups excluding carboxylic acids is 1. The number of ketones is 1. The van der Waals surface area contributed by atoms with Crippen LogP contribution in [-0.2, 0) is 0 Å². The first-order chi connectivity index (χ1) is 14.1. The van der Waals surface area contributed by atoms with E-state index in [0.717, 1.165) is 16.8 Å². The summed E-state index contributed by atoms with van der Waals surface area (Å²) in [5.41, 5.74) is 4.56. The fourth-order valence-electron chi connectivity index (χ4n) is 3.88. The summed E-state index contributed by atoms with van der Waals surface area (Å²) in [6.07, 6.45) is -0.195. The van der Waals surface area contributed by atoms with Gasteiger partial charge in [-0.3, -0.25) is 4.79 Å². The van der Waals surface area contributed by atoms with Crippen LogP contribution in [-0.4, -0.2) is 22.7 Å². The number of aryl methyl sites for hydroxylation is 1. The summed E-state index contributed by atoms with van der Waals surface area (Å²) >= 11 is 0. The summed E-state index contributed by atoms with van der Waals surface area (Å²) in [6.45, 7) is 2.05. The highest BCUT2D eigenvalue weighted by atomic mass is 19.1. The van der Waals surface area contributed by atoms with Crippen molar-refractivity contribution in [2.24, 2.45) is 5.10 Å². The molecule has 0 saturated heterocycles. The normalized spacial score (nSPS) is 19.8. The number of rotatable bonds is 3. The number of nitrogens with zero attached hydrogens (tertiary/aromatic N) is 2. The lowest BCUT2D eigenvalue weighted by atomic mass is 9.95. The lowest BCUT2D eigenvalue weighted by molar-refractivity contribution is -0.00456. The summed E-state index contributed by atoms with van der Waals surface area (Å²) in [6, 6.07) is 21.4. The molecular formula is C24H19FN2O2. The topological polar surface area (TPSA) is 41.9 Å². The van der Waals surface area contributed by atoms with E-state index >= 15 is 0 Å². The monoisotopic (exact) mass is 386 g/mol. The van der Waals surface area contributed by atoms with Crippen molar-refractivity contribution in [2.45, 2.75) is 25.6 Å². The Balaban J connectivity index is 1.55. The van der Waals surface area contributed by atoms with E-state index in [1.165, 1.54) is 29.8 Å². The molecule has 0 spiro atoms. The van der Waals surface area contributed by atoms with Crippen LogP contribution < -0.4 is 4.74 Å². The number of hydrogen-bond donors (Lipinski definition) is 0. The third-order valence-electron chi connectivity index (χ3n) is 5.44. The molecule has 29 heavy (non-hydrogen) atoms. The molecule has 0 unspecified atom stereocenters. The van der Waals surface area contributed by atoms with Gasteiger partial charge in [0.15, 0.2) is 0 Å². The number of ether oxygens (including phenoxy) is 1. The fourth-order valence-corrected chi connectivity index (χ4v) is 3.88. The maximum Gasteiger partial charge on any atom is 0.251 e. The van der Waals surface area contributed by atoms with Crippen molar-refractivity contribution in [3.63, 3.8) is 0 Å². The predicted octanol–water partition coefficient (Wildman–Crippen LogP) is 4.89. The number of hydrogen-bond acceptors (Lipinski definition) is 4. The molecule has 0 aliphatic carbocycles. The highest BCUT2D eigenvalue weighted by Gasteiger charge is 2.43. The van der Waals surface area contributed by atoms with E-state index in [-0.39, 0.29) is 17.6 Å². The summed E-state index contributed by atoms with van der Waals surface area (Å²) in [5.74, 6) is 0.0724. The minimum absolute atomic E-state index is 0.0781. The van der Waals surface area contributed by atoms with E-state index in [2.05, 4.69) is 24.3 Å². The first kappa shape index (κ1) is 17.6. The number of fused-ring (bicyclic) bond motifs is 3. The second-order valence-corrected chi connectivity index (χ2v) is 7.39. The Kier molecular flexibility index (Phi) is 4.16. The highest BCUT2D eigenvalue weighted by molar-refractivity contribution is 6.03. The fraction of sp³-hybridized carbons (Fsp3) is 0.167. The van der Waals surface area contributed by atoms with Crippen LogP contribution in [0, 0.1) is 12.7 Å². The van der Waals surface area contributed by atoms with Crippen molar-refractivity contribution in [1.82, 2.24) is 5.01 Å². The number of carbonyl (C=O) groups is 1. The third kappa shape index (κ3) is 3.09. The van der Waals surface area contributed by atoms with Crippen LogP contribution in [0.3, 0.4) is 0 Å². The Morgan fingerprint density at radius 2 is 1.76 bits per heavy atom. The van der Waals surface area contributed by atoms with E-state index in [1.54, 1.807) is 5.01 Å². The first-order valence-corrected chi connectivity index (χ1v) is 9.58. The molecule has 3 aromatic rings. The summed E-state index contributed by atoms with van der Waals surface area (Å²) in [4.78, 5) is 13.2. The number of hydrazone groups is 1. The molecule has 0 bridgehead atoms. The smallest absolute Gasteiger partial charge is 0.251 e. The lowest BCUT2D eigenvalue weighted by Crippen LogP contribution is -2.45. The van der Waals surface area contributed by atoms with E-state index in [4.69, 9.17) is 9.84 Å². The molecule has 4 nitrogen and oxygen atoms in total. The Bertz CT molecular complexity index is 1110. The second kappa shape index (κ2) is 6.85. The first-order valence-electron chi connectivity index (χ1n) is 9.58. The number of halogens is 1. The summed E-state index contributed by atoms with van der Waals surface area (Å²) in [7, 11) is 0. The van der Waals surface area contributed by atoms with E-state index in [9.17, 15) is 9.18 Å². The standard InChI is InChI=1S/C24H19FN2O2/c1-15-6-8-16(9-7-15)20-14-21-19-4-2-3-5-22(19)29-24(27(21)26-20)23(28)17-10-12-18(25)13-11-17/h2-13,21,24H,14H2,1H3/t21-,24-/m1/s1. The van der Waals surface area contributed by atoms with Crippen molar-refractivity contribution in [1.29, 1.82) is 0 Å². The number of para-hydroxylation sites is 1. The molecule has 3 aromatic carbocycles. The molecule has 0 radical (unpaired) electrons. The predicted molar refractivity (Wildman–Crippen MR) is 109 cm³/mol. The van der Waals surface area contributed by atoms with Gasteiger partial charge in [-0.1, -0.05) is 48.0 Å². The molecule has 144 valence electrons. The molecule has 2 aliphatic rings. The summed E-state index contributed by atoms with van der Waals surface area (Å²) in [5, 5.41) is 6.54. The quantitative estimate of drug-likeness (QED) is 0.602. The molecule has 0 N–H and O–H groups in total. The Labute approximate surface area is 168 Å². The molecule has 0 amide bonds. The highest BCUT2D eigenvalue weighted by Crippen LogP contribution is 2.43. The number of Topliss-reactive ketones (excluding diaryl/α,β-unsaturated/α-hetero) is 1. The number of benzene rings is 3. The molecule has 2 atom stereocenters. The average Bonchev–Trinajstić information content (AvgIpc) is 3.19. The van der Waals surface area contributed by atoms with Gasteiger partial charge in [0.2, 0.25) is 5.78 Å². The van der Waals surface area contributed by atoms with Gasteiger partial charge >= 0.3 is 0 Å². The van der Waals surface area contributed by atoms with Gasteiger partial charge < -0.3 is 4.74 Å². The van der Waals surface area contributed by atoms with Crippen LogP contribution in [0.15, 0.2) is 77.9 Å². The SMILES string of the molecule is Cc1ccc(C2=NN3[C@@H](C(=O)c4ccc(F)cc4)Oc4ccccc4[C@H]3C2)cc1. The van der Waals surface area contributed by atoms with Crippen LogP contribution in [0.2, 0.25) is 0 Å². The Morgan fingerprint density at radius 3 is 2.52 bits per heavy atom. The zero-order valence-electron chi connectivity index (χ0n) is 15.9. The van der Waals surface area contributed by atoms with E-state index in [1.807, 2.05) is 31.2 Å². The van der Waals surface area contributed by atoms with Gasteiger partial charge in [-0.15, -0.1) is 0 Å². The van der Waals surface area contributed by atoms with Crippen molar-refractivity contribution in [3.05, 3.63) is 101 Å². The van der Waals surface area contributed by atoms with Gasteiger partial charge in [-0.25, -0.2) is 9.40 Å². The maximum absolute atomic E-state index is 13.3. The van der Waals surface area contributed by atoms with Crippen LogP contribution >= 0.6 is 0 Å². The molecule has 0 saturated carbocycles. The minimum Gasteiger partial charge on any atom is -0.461 e. The van der Waals surface area contributed by atoms with Crippen molar-refractivity contribution in [3.8, 4) is 5.75 Å². The average molecular weight is 386 g/mol. The maximum atomic E-state index is 13.3. The molecular weight excluding hydrogens is 367 g/mol. The van der Waals surface area contributed by atoms with Crippen molar-refractivity contribution < 1.29 is 13.9 Å². The van der Waals surface area contributed by atoms with Gasteiger partial charge in [-0.2, -0.15) is 5.10 Å². The third-order valence-corrected chi connectivity index (χ3v) is 5.44. The van der Waals surface area contributed by atoms with Crippen LogP contribution in [0.25, 0.3) is 0 Å². The largest absolute Gasteiger partial charge is 0.461 e. The zero-order valence-corrected chi connectivity index (χ0v) is 15.9. The van der Waals surface area contributed by atoms with Crippen molar-refractivity contribution >= 4 is 11.5 Å². The van der Waals surface area contributed by atoms with Crippen LogP contribution in [0.1, 0.15) is 39.5 Å². The second-order valence-electron chi connectivity index (χ2n) is 7.39. The summed E-state index contributed by atoms with van der Waals surface area (Å²) < 4.78 is 19.4.